The van der Waals surface area contributed by atoms with Gasteiger partial charge in [0, 0.05) is 25.2 Å². The lowest BCUT2D eigenvalue weighted by atomic mass is 10.0. The minimum Gasteiger partial charge on any atom is -0.383 e. The first-order valence-corrected chi connectivity index (χ1v) is 6.93. The molecule has 3 nitrogen and oxygen atoms in total. The van der Waals surface area contributed by atoms with Crippen molar-refractivity contribution in [2.75, 3.05) is 26.8 Å². The Bertz CT molecular complexity index is 550. The lowest BCUT2D eigenvalue weighted by Crippen LogP contribution is -2.21. The molecule has 3 heteroatoms. The molecule has 0 saturated heterocycles. The summed E-state index contributed by atoms with van der Waals surface area (Å²) in [6.07, 6.45) is 3.16. The first-order chi connectivity index (χ1) is 9.40. The molecule has 1 N–H and O–H groups in total. The molecule has 19 heavy (non-hydrogen) atoms. The molecule has 0 amide bonds. The number of pyridine rings is 1. The van der Waals surface area contributed by atoms with Crippen LogP contribution in [-0.4, -0.2) is 31.8 Å². The summed E-state index contributed by atoms with van der Waals surface area (Å²) in [5.74, 6) is 1.43. The van der Waals surface area contributed by atoms with E-state index < -0.39 is 0 Å². The number of aromatic nitrogens is 1. The Morgan fingerprint density at radius 3 is 3.11 bits per heavy atom. The largest absolute Gasteiger partial charge is 0.383 e. The highest BCUT2D eigenvalue weighted by molar-refractivity contribution is 5.82. The van der Waals surface area contributed by atoms with Crippen LogP contribution >= 0.6 is 0 Å². The monoisotopic (exact) mass is 256 g/mol. The van der Waals surface area contributed by atoms with Crippen LogP contribution in [0.3, 0.4) is 0 Å². The van der Waals surface area contributed by atoms with Crippen molar-refractivity contribution in [3.8, 4) is 0 Å². The second-order valence-electron chi connectivity index (χ2n) is 5.22. The van der Waals surface area contributed by atoms with Crippen molar-refractivity contribution in [2.24, 2.45) is 5.92 Å². The predicted octanol–water partition coefficient (Wildman–Crippen LogP) is 2.57. The van der Waals surface area contributed by atoms with Gasteiger partial charge < -0.3 is 10.1 Å². The van der Waals surface area contributed by atoms with Gasteiger partial charge in [-0.1, -0.05) is 24.3 Å². The molecule has 2 unspecified atom stereocenters. The van der Waals surface area contributed by atoms with Gasteiger partial charge in [-0.3, -0.25) is 4.98 Å². The number of hydrogen-bond acceptors (Lipinski definition) is 3. The molecule has 1 fully saturated rings. The summed E-state index contributed by atoms with van der Waals surface area (Å²) in [5, 5.41) is 4.70. The zero-order valence-corrected chi connectivity index (χ0v) is 11.3. The number of nitrogens with one attached hydrogen (secondary N) is 1. The molecule has 2 aromatic rings. The maximum atomic E-state index is 5.04. The van der Waals surface area contributed by atoms with E-state index in [0.29, 0.717) is 5.92 Å². The van der Waals surface area contributed by atoms with E-state index >= 15 is 0 Å². The van der Waals surface area contributed by atoms with Gasteiger partial charge in [0.25, 0.3) is 0 Å². The fourth-order valence-corrected chi connectivity index (χ4v) is 2.74. The average Bonchev–Trinajstić information content (AvgIpc) is 3.22. The van der Waals surface area contributed by atoms with Crippen molar-refractivity contribution >= 4 is 10.9 Å². The van der Waals surface area contributed by atoms with Gasteiger partial charge in [0.2, 0.25) is 0 Å². The number of rotatable bonds is 6. The molecule has 1 aromatic heterocycles. The van der Waals surface area contributed by atoms with Crippen LogP contribution in [0.25, 0.3) is 10.9 Å². The molecular weight excluding hydrogens is 236 g/mol. The van der Waals surface area contributed by atoms with Gasteiger partial charge >= 0.3 is 0 Å². The average molecular weight is 256 g/mol. The Morgan fingerprint density at radius 2 is 2.21 bits per heavy atom. The molecule has 2 atom stereocenters. The van der Waals surface area contributed by atoms with Crippen LogP contribution in [0, 0.1) is 5.92 Å². The third-order valence-corrected chi connectivity index (χ3v) is 3.88. The van der Waals surface area contributed by atoms with E-state index in [2.05, 4.69) is 34.6 Å². The maximum Gasteiger partial charge on any atom is 0.0736 e. The zero-order chi connectivity index (χ0) is 13.1. The van der Waals surface area contributed by atoms with Gasteiger partial charge in [0.15, 0.2) is 0 Å². The number of nitrogens with zero attached hydrogens (tertiary/aromatic N) is 1. The number of benzene rings is 1. The van der Waals surface area contributed by atoms with Gasteiger partial charge in [-0.25, -0.2) is 0 Å². The van der Waals surface area contributed by atoms with Crippen molar-refractivity contribution in [3.05, 3.63) is 42.1 Å². The van der Waals surface area contributed by atoms with E-state index in [1.807, 2.05) is 12.3 Å². The molecule has 1 heterocycles. The van der Waals surface area contributed by atoms with E-state index in [1.165, 1.54) is 22.9 Å². The summed E-state index contributed by atoms with van der Waals surface area (Å²) in [4.78, 5) is 4.55. The maximum absolute atomic E-state index is 5.04. The SMILES string of the molecule is COCCNCC1CC1c1cccc2cccnc12. The van der Waals surface area contributed by atoms with Crippen molar-refractivity contribution in [1.29, 1.82) is 0 Å². The molecule has 1 aliphatic rings. The minimum atomic E-state index is 0.675. The summed E-state index contributed by atoms with van der Waals surface area (Å²) >= 11 is 0. The molecule has 1 aliphatic carbocycles. The Hall–Kier alpha value is -1.45. The summed E-state index contributed by atoms with van der Waals surface area (Å²) in [6, 6.07) is 10.7. The van der Waals surface area contributed by atoms with Crippen molar-refractivity contribution in [1.82, 2.24) is 10.3 Å². The van der Waals surface area contributed by atoms with Crippen LogP contribution in [0.1, 0.15) is 17.9 Å². The summed E-state index contributed by atoms with van der Waals surface area (Å²) in [6.45, 7) is 2.80. The predicted molar refractivity (Wildman–Crippen MR) is 77.3 cm³/mol. The van der Waals surface area contributed by atoms with Gasteiger partial charge in [0.05, 0.1) is 12.1 Å². The van der Waals surface area contributed by atoms with Gasteiger partial charge in [0.1, 0.15) is 0 Å². The van der Waals surface area contributed by atoms with Crippen molar-refractivity contribution < 1.29 is 4.74 Å². The molecule has 0 radical (unpaired) electrons. The van der Waals surface area contributed by atoms with E-state index in [1.54, 1.807) is 7.11 Å². The number of ether oxygens (including phenoxy) is 1. The highest BCUT2D eigenvalue weighted by Gasteiger charge is 2.38. The van der Waals surface area contributed by atoms with Crippen LogP contribution in [0.4, 0.5) is 0 Å². The molecule has 3 rings (SSSR count). The van der Waals surface area contributed by atoms with Crippen LogP contribution in [0.2, 0.25) is 0 Å². The van der Waals surface area contributed by atoms with Crippen molar-refractivity contribution in [3.63, 3.8) is 0 Å². The molecular formula is C16H20N2O. The molecule has 1 aromatic carbocycles. The topological polar surface area (TPSA) is 34.1 Å². The van der Waals surface area contributed by atoms with Gasteiger partial charge in [-0.15, -0.1) is 0 Å². The second kappa shape index (κ2) is 5.68. The van der Waals surface area contributed by atoms with E-state index in [4.69, 9.17) is 4.74 Å². The summed E-state index contributed by atoms with van der Waals surface area (Å²) in [5.41, 5.74) is 2.59. The van der Waals surface area contributed by atoms with Gasteiger partial charge in [-0.05, 0) is 36.4 Å². The van der Waals surface area contributed by atoms with Crippen LogP contribution in [-0.2, 0) is 4.74 Å². The van der Waals surface area contributed by atoms with E-state index in [0.717, 1.165) is 25.6 Å². The highest BCUT2D eigenvalue weighted by atomic mass is 16.5. The molecule has 1 saturated carbocycles. The number of hydrogen-bond donors (Lipinski definition) is 1. The first-order valence-electron chi connectivity index (χ1n) is 6.93. The van der Waals surface area contributed by atoms with E-state index in [9.17, 15) is 0 Å². The Balaban J connectivity index is 1.66. The van der Waals surface area contributed by atoms with Crippen LogP contribution in [0.15, 0.2) is 36.5 Å². The minimum absolute atomic E-state index is 0.675. The highest BCUT2D eigenvalue weighted by Crippen LogP contribution is 2.48. The molecule has 0 aliphatic heterocycles. The summed E-state index contributed by atoms with van der Waals surface area (Å²) < 4.78 is 5.04. The van der Waals surface area contributed by atoms with Gasteiger partial charge in [-0.2, -0.15) is 0 Å². The fraction of sp³-hybridized carbons (Fsp3) is 0.438. The third kappa shape index (κ3) is 2.77. The smallest absolute Gasteiger partial charge is 0.0736 e. The Kier molecular flexibility index (Phi) is 3.76. The second-order valence-corrected chi connectivity index (χ2v) is 5.22. The first kappa shape index (κ1) is 12.6. The normalized spacial score (nSPS) is 21.7. The molecule has 0 spiro atoms. The fourth-order valence-electron chi connectivity index (χ4n) is 2.74. The third-order valence-electron chi connectivity index (χ3n) is 3.88. The van der Waals surface area contributed by atoms with Crippen LogP contribution < -0.4 is 5.32 Å². The Morgan fingerprint density at radius 1 is 1.32 bits per heavy atom. The molecule has 100 valence electrons. The molecule has 0 bridgehead atoms. The lowest BCUT2D eigenvalue weighted by Gasteiger charge is -2.06. The quantitative estimate of drug-likeness (QED) is 0.807. The number of fused-ring (bicyclic) bond motifs is 1. The standard InChI is InChI=1S/C16H20N2O/c1-19-9-8-17-11-13-10-15(13)14-6-2-4-12-5-3-7-18-16(12)14/h2-7,13,15,17H,8-11H2,1H3. The van der Waals surface area contributed by atoms with E-state index in [-0.39, 0.29) is 0 Å². The van der Waals surface area contributed by atoms with Crippen molar-refractivity contribution in [2.45, 2.75) is 12.3 Å². The lowest BCUT2D eigenvalue weighted by molar-refractivity contribution is 0.199. The zero-order valence-electron chi connectivity index (χ0n) is 11.3. The van der Waals surface area contributed by atoms with Crippen LogP contribution in [0.5, 0.6) is 0 Å². The summed E-state index contributed by atoms with van der Waals surface area (Å²) in [7, 11) is 1.74. The number of para-hydroxylation sites is 1. The Labute approximate surface area is 114 Å². The number of methoxy groups -OCH3 is 1.